The molecular weight excluding hydrogens is 382 g/mol. The molecule has 7 heteroatoms. The van der Waals surface area contributed by atoms with E-state index in [0.717, 1.165) is 58.2 Å². The van der Waals surface area contributed by atoms with E-state index in [0.29, 0.717) is 24.4 Å². The number of rotatable bonds is 5. The molecule has 2 amide bonds. The Labute approximate surface area is 171 Å². The number of hydrogen-bond donors (Lipinski definition) is 1. The Balaban J connectivity index is 0.00000210. The predicted molar refractivity (Wildman–Crippen MR) is 110 cm³/mol. The van der Waals surface area contributed by atoms with Crippen LogP contribution in [0.25, 0.3) is 0 Å². The van der Waals surface area contributed by atoms with Crippen LogP contribution >= 0.6 is 23.7 Å². The van der Waals surface area contributed by atoms with Crippen molar-refractivity contribution in [2.45, 2.75) is 57.5 Å². The normalized spacial score (nSPS) is 24.2. The van der Waals surface area contributed by atoms with Gasteiger partial charge < -0.3 is 15.1 Å². The molecule has 5 nitrogen and oxygen atoms in total. The van der Waals surface area contributed by atoms with Crippen molar-refractivity contribution >= 4 is 35.6 Å². The minimum atomic E-state index is 0. The van der Waals surface area contributed by atoms with Crippen molar-refractivity contribution in [3.63, 3.8) is 0 Å². The fourth-order valence-corrected chi connectivity index (χ4v) is 5.30. The number of amides is 2. The van der Waals surface area contributed by atoms with Crippen LogP contribution in [0.4, 0.5) is 0 Å². The lowest BCUT2D eigenvalue weighted by Gasteiger charge is -2.31. The van der Waals surface area contributed by atoms with Crippen LogP contribution in [0.3, 0.4) is 0 Å². The average molecular weight is 412 g/mol. The van der Waals surface area contributed by atoms with Gasteiger partial charge >= 0.3 is 0 Å². The highest BCUT2D eigenvalue weighted by Crippen LogP contribution is 2.56. The zero-order valence-corrected chi connectivity index (χ0v) is 17.5. The minimum Gasteiger partial charge on any atom is -0.333 e. The Hall–Kier alpha value is -1.11. The van der Waals surface area contributed by atoms with Gasteiger partial charge in [0.05, 0.1) is 6.54 Å². The SMILES string of the molecule is Cl.O=C1CCCCCN1CC(=O)N(Cc1ccsc1)C1CC12CCNCC2. The van der Waals surface area contributed by atoms with Gasteiger partial charge in [0, 0.05) is 25.6 Å². The number of nitrogens with one attached hydrogen (secondary N) is 1. The second-order valence-electron chi connectivity index (χ2n) is 8.11. The van der Waals surface area contributed by atoms with Gasteiger partial charge in [-0.05, 0) is 73.0 Å². The molecule has 2 saturated heterocycles. The minimum absolute atomic E-state index is 0. The maximum Gasteiger partial charge on any atom is 0.242 e. The average Bonchev–Trinajstić information content (AvgIpc) is 3.13. The summed E-state index contributed by atoms with van der Waals surface area (Å²) in [6, 6.07) is 2.46. The Bertz CT molecular complexity index is 646. The molecule has 1 saturated carbocycles. The summed E-state index contributed by atoms with van der Waals surface area (Å²) < 4.78 is 0. The molecule has 1 aromatic heterocycles. The number of carbonyl (C=O) groups excluding carboxylic acids is 2. The van der Waals surface area contributed by atoms with Crippen LogP contribution in [0.2, 0.25) is 0 Å². The number of likely N-dealkylation sites (tertiary alicyclic amines) is 1. The number of thiophene rings is 1. The summed E-state index contributed by atoms with van der Waals surface area (Å²) in [7, 11) is 0. The van der Waals surface area contributed by atoms with Gasteiger partial charge in [-0.1, -0.05) is 6.42 Å². The van der Waals surface area contributed by atoms with Gasteiger partial charge in [0.25, 0.3) is 0 Å². The molecule has 2 aliphatic heterocycles. The van der Waals surface area contributed by atoms with Gasteiger partial charge in [-0.25, -0.2) is 0 Å². The number of piperidine rings is 1. The van der Waals surface area contributed by atoms with E-state index in [1.807, 2.05) is 0 Å². The molecule has 3 heterocycles. The second-order valence-corrected chi connectivity index (χ2v) is 8.89. The van der Waals surface area contributed by atoms with E-state index in [9.17, 15) is 9.59 Å². The molecule has 4 rings (SSSR count). The highest BCUT2D eigenvalue weighted by molar-refractivity contribution is 7.07. The van der Waals surface area contributed by atoms with Gasteiger partial charge in [-0.15, -0.1) is 12.4 Å². The molecule has 0 aromatic carbocycles. The third-order valence-corrected chi connectivity index (χ3v) is 7.11. The summed E-state index contributed by atoms with van der Waals surface area (Å²) in [6.07, 6.45) is 7.11. The maximum absolute atomic E-state index is 13.2. The molecule has 0 bridgehead atoms. The highest BCUT2D eigenvalue weighted by atomic mass is 35.5. The zero-order chi connectivity index (χ0) is 18.0. The van der Waals surface area contributed by atoms with Crippen molar-refractivity contribution in [3.8, 4) is 0 Å². The van der Waals surface area contributed by atoms with Crippen molar-refractivity contribution in [3.05, 3.63) is 22.4 Å². The Morgan fingerprint density at radius 1 is 1.30 bits per heavy atom. The summed E-state index contributed by atoms with van der Waals surface area (Å²) in [5.74, 6) is 0.283. The lowest BCUT2D eigenvalue weighted by atomic mass is 9.93. The number of halogens is 1. The summed E-state index contributed by atoms with van der Waals surface area (Å²) in [4.78, 5) is 29.4. The van der Waals surface area contributed by atoms with Gasteiger partial charge in [0.2, 0.25) is 11.8 Å². The first-order valence-electron chi connectivity index (χ1n) is 9.97. The summed E-state index contributed by atoms with van der Waals surface area (Å²) >= 11 is 1.68. The van der Waals surface area contributed by atoms with Gasteiger partial charge in [0.15, 0.2) is 0 Å². The third kappa shape index (κ3) is 4.66. The largest absolute Gasteiger partial charge is 0.333 e. The fourth-order valence-electron chi connectivity index (χ4n) is 4.64. The van der Waals surface area contributed by atoms with Crippen molar-refractivity contribution in [1.29, 1.82) is 0 Å². The van der Waals surface area contributed by atoms with Crippen LogP contribution in [-0.2, 0) is 16.1 Å². The van der Waals surface area contributed by atoms with Crippen LogP contribution in [0.15, 0.2) is 16.8 Å². The van der Waals surface area contributed by atoms with E-state index in [-0.39, 0.29) is 30.8 Å². The van der Waals surface area contributed by atoms with E-state index >= 15 is 0 Å². The Kier molecular flexibility index (Phi) is 6.82. The lowest BCUT2D eigenvalue weighted by Crippen LogP contribution is -2.45. The molecule has 1 spiro atoms. The van der Waals surface area contributed by atoms with Crippen LogP contribution in [0, 0.1) is 5.41 Å². The summed E-state index contributed by atoms with van der Waals surface area (Å²) in [5, 5.41) is 7.65. The molecule has 150 valence electrons. The molecule has 3 aliphatic rings. The van der Waals surface area contributed by atoms with Crippen LogP contribution in [0.1, 0.15) is 50.5 Å². The fraction of sp³-hybridized carbons (Fsp3) is 0.700. The molecule has 1 N–H and O–H groups in total. The second kappa shape index (κ2) is 8.93. The molecule has 1 aromatic rings. The standard InChI is InChI=1S/C20H29N3O2S.ClH/c24-18-4-2-1-3-10-22(18)14-19(25)23(13-16-5-11-26-15-16)17-12-20(17)6-8-21-9-7-20;/h5,11,15,17,21H,1-4,6-10,12-14H2;1H. The van der Waals surface area contributed by atoms with Crippen molar-refractivity contribution in [2.75, 3.05) is 26.2 Å². The van der Waals surface area contributed by atoms with Crippen molar-refractivity contribution in [2.24, 2.45) is 5.41 Å². The maximum atomic E-state index is 13.2. The molecule has 1 atom stereocenters. The first-order chi connectivity index (χ1) is 12.7. The van der Waals surface area contributed by atoms with Gasteiger partial charge in [-0.2, -0.15) is 11.3 Å². The summed E-state index contributed by atoms with van der Waals surface area (Å²) in [5.41, 5.74) is 1.53. The molecule has 1 unspecified atom stereocenters. The van der Waals surface area contributed by atoms with Gasteiger partial charge in [-0.3, -0.25) is 9.59 Å². The predicted octanol–water partition coefficient (Wildman–Crippen LogP) is 3.04. The highest BCUT2D eigenvalue weighted by Gasteiger charge is 2.57. The number of carbonyl (C=O) groups is 2. The van der Waals surface area contributed by atoms with Crippen LogP contribution in [0.5, 0.6) is 0 Å². The first kappa shape index (κ1) is 20.6. The van der Waals surface area contributed by atoms with Gasteiger partial charge in [0.1, 0.15) is 0 Å². The Morgan fingerprint density at radius 2 is 2.11 bits per heavy atom. The Morgan fingerprint density at radius 3 is 2.85 bits per heavy atom. The van der Waals surface area contributed by atoms with Crippen LogP contribution in [-0.4, -0.2) is 53.8 Å². The third-order valence-electron chi connectivity index (χ3n) is 6.37. The molecule has 0 radical (unpaired) electrons. The molecule has 27 heavy (non-hydrogen) atoms. The lowest BCUT2D eigenvalue weighted by molar-refractivity contribution is -0.141. The van der Waals surface area contributed by atoms with E-state index < -0.39 is 0 Å². The number of nitrogens with zero attached hydrogens (tertiary/aromatic N) is 2. The molecular formula is C20H30ClN3O2S. The van der Waals surface area contributed by atoms with E-state index in [1.54, 1.807) is 16.2 Å². The van der Waals surface area contributed by atoms with Crippen molar-refractivity contribution in [1.82, 2.24) is 15.1 Å². The van der Waals surface area contributed by atoms with Crippen LogP contribution < -0.4 is 5.32 Å². The van der Waals surface area contributed by atoms with Crippen molar-refractivity contribution < 1.29 is 9.59 Å². The number of hydrogen-bond acceptors (Lipinski definition) is 4. The smallest absolute Gasteiger partial charge is 0.242 e. The summed E-state index contributed by atoms with van der Waals surface area (Å²) in [6.45, 7) is 3.79. The van der Waals surface area contributed by atoms with E-state index in [1.165, 1.54) is 5.56 Å². The molecule has 3 fully saturated rings. The van der Waals surface area contributed by atoms with E-state index in [2.05, 4.69) is 27.0 Å². The first-order valence-corrected chi connectivity index (χ1v) is 10.9. The molecule has 1 aliphatic carbocycles. The van der Waals surface area contributed by atoms with E-state index in [4.69, 9.17) is 0 Å². The topological polar surface area (TPSA) is 52.7 Å². The zero-order valence-electron chi connectivity index (χ0n) is 15.8. The quantitative estimate of drug-likeness (QED) is 0.810. The monoisotopic (exact) mass is 411 g/mol.